The van der Waals surface area contributed by atoms with Gasteiger partial charge in [-0.2, -0.15) is 0 Å². The molecule has 0 saturated carbocycles. The van der Waals surface area contributed by atoms with Gasteiger partial charge in [-0.05, 0) is 24.1 Å². The molecule has 1 unspecified atom stereocenters. The van der Waals surface area contributed by atoms with Gasteiger partial charge in [0, 0.05) is 30.9 Å². The van der Waals surface area contributed by atoms with E-state index >= 15 is 0 Å². The molecule has 1 heterocycles. The molecule has 0 aliphatic heterocycles. The van der Waals surface area contributed by atoms with Gasteiger partial charge in [-0.15, -0.1) is 0 Å². The van der Waals surface area contributed by atoms with Crippen molar-refractivity contribution in [1.82, 2.24) is 9.55 Å². The van der Waals surface area contributed by atoms with E-state index in [2.05, 4.69) is 4.98 Å². The van der Waals surface area contributed by atoms with Gasteiger partial charge in [0.15, 0.2) is 0 Å². The van der Waals surface area contributed by atoms with E-state index in [4.69, 9.17) is 11.6 Å². The summed E-state index contributed by atoms with van der Waals surface area (Å²) in [4.78, 5) is 4.19. The molecule has 3 nitrogen and oxygen atoms in total. The number of rotatable bonds is 3. The summed E-state index contributed by atoms with van der Waals surface area (Å²) < 4.78 is 1.89. The molecule has 0 fully saturated rings. The van der Waals surface area contributed by atoms with Crippen LogP contribution in [0, 0.1) is 6.92 Å². The van der Waals surface area contributed by atoms with Crippen molar-refractivity contribution in [2.45, 2.75) is 19.4 Å². The Kier molecular flexibility index (Phi) is 3.50. The summed E-state index contributed by atoms with van der Waals surface area (Å²) >= 11 is 6.12. The topological polar surface area (TPSA) is 38.1 Å². The van der Waals surface area contributed by atoms with Crippen LogP contribution in [0.15, 0.2) is 30.6 Å². The van der Waals surface area contributed by atoms with Crippen LogP contribution >= 0.6 is 11.6 Å². The van der Waals surface area contributed by atoms with E-state index in [9.17, 15) is 5.11 Å². The molecule has 1 N–H and O–H groups in total. The van der Waals surface area contributed by atoms with Crippen LogP contribution in [-0.2, 0) is 13.5 Å². The second-order valence-corrected chi connectivity index (χ2v) is 4.61. The Labute approximate surface area is 106 Å². The molecule has 0 aliphatic carbocycles. The van der Waals surface area contributed by atoms with Crippen LogP contribution in [0.25, 0.3) is 0 Å². The quantitative estimate of drug-likeness (QED) is 0.910. The summed E-state index contributed by atoms with van der Waals surface area (Å²) in [6.07, 6.45) is 3.42. The molecule has 0 aliphatic rings. The molecule has 1 aromatic carbocycles. The smallest absolute Gasteiger partial charge is 0.111 e. The van der Waals surface area contributed by atoms with Crippen LogP contribution in [0.2, 0.25) is 5.02 Å². The number of hydrogen-bond donors (Lipinski definition) is 1. The number of aliphatic hydroxyl groups is 1. The predicted molar refractivity (Wildman–Crippen MR) is 68.1 cm³/mol. The molecule has 2 rings (SSSR count). The second kappa shape index (κ2) is 4.90. The van der Waals surface area contributed by atoms with Crippen molar-refractivity contribution >= 4 is 11.6 Å². The van der Waals surface area contributed by atoms with Crippen molar-refractivity contribution in [1.29, 1.82) is 0 Å². The first-order valence-corrected chi connectivity index (χ1v) is 5.86. The lowest BCUT2D eigenvalue weighted by molar-refractivity contribution is 0.175. The Morgan fingerprint density at radius 3 is 2.82 bits per heavy atom. The van der Waals surface area contributed by atoms with E-state index in [1.165, 1.54) is 0 Å². The standard InChI is InChI=1S/C13H15ClN2O/c1-9-3-4-10(11(14)7-9)12(17)8-13-15-5-6-16(13)2/h3-7,12,17H,8H2,1-2H3. The Balaban J connectivity index is 2.20. The fourth-order valence-electron chi connectivity index (χ4n) is 1.78. The number of aromatic nitrogens is 2. The van der Waals surface area contributed by atoms with Crippen LogP contribution < -0.4 is 0 Å². The van der Waals surface area contributed by atoms with E-state index in [1.54, 1.807) is 6.20 Å². The van der Waals surface area contributed by atoms with Crippen LogP contribution in [0.3, 0.4) is 0 Å². The maximum Gasteiger partial charge on any atom is 0.111 e. The van der Waals surface area contributed by atoms with Gasteiger partial charge in [0.25, 0.3) is 0 Å². The van der Waals surface area contributed by atoms with Crippen molar-refractivity contribution in [3.8, 4) is 0 Å². The van der Waals surface area contributed by atoms with Crippen molar-refractivity contribution < 1.29 is 5.11 Å². The van der Waals surface area contributed by atoms with Crippen molar-refractivity contribution in [2.24, 2.45) is 7.05 Å². The van der Waals surface area contributed by atoms with E-state index in [1.807, 2.05) is 42.9 Å². The molecular formula is C13H15ClN2O. The highest BCUT2D eigenvalue weighted by molar-refractivity contribution is 6.31. The normalized spacial score (nSPS) is 12.7. The Bertz CT molecular complexity index is 522. The minimum atomic E-state index is -0.621. The number of aliphatic hydroxyl groups excluding tert-OH is 1. The Hall–Kier alpha value is -1.32. The molecule has 4 heteroatoms. The molecule has 0 saturated heterocycles. The number of hydrogen-bond acceptors (Lipinski definition) is 2. The van der Waals surface area contributed by atoms with Crippen LogP contribution in [0.4, 0.5) is 0 Å². The first-order chi connectivity index (χ1) is 8.08. The third-order valence-corrected chi connectivity index (χ3v) is 3.14. The summed E-state index contributed by atoms with van der Waals surface area (Å²) in [5.41, 5.74) is 1.84. The van der Waals surface area contributed by atoms with E-state index in [0.717, 1.165) is 17.0 Å². The van der Waals surface area contributed by atoms with Crippen LogP contribution in [0.5, 0.6) is 0 Å². The SMILES string of the molecule is Cc1ccc(C(O)Cc2nccn2C)c(Cl)c1. The third-order valence-electron chi connectivity index (χ3n) is 2.81. The van der Waals surface area contributed by atoms with Gasteiger partial charge < -0.3 is 9.67 Å². The molecule has 1 atom stereocenters. The molecule has 2 aromatic rings. The average molecular weight is 251 g/mol. The summed E-state index contributed by atoms with van der Waals surface area (Å²) in [5.74, 6) is 0.842. The van der Waals surface area contributed by atoms with Gasteiger partial charge in [-0.3, -0.25) is 0 Å². The fraction of sp³-hybridized carbons (Fsp3) is 0.308. The van der Waals surface area contributed by atoms with Crippen LogP contribution in [-0.4, -0.2) is 14.7 Å². The molecule has 0 spiro atoms. The number of halogens is 1. The zero-order valence-electron chi connectivity index (χ0n) is 9.89. The lowest BCUT2D eigenvalue weighted by atomic mass is 10.0. The highest BCUT2D eigenvalue weighted by atomic mass is 35.5. The highest BCUT2D eigenvalue weighted by Crippen LogP contribution is 2.26. The Morgan fingerprint density at radius 1 is 1.47 bits per heavy atom. The van der Waals surface area contributed by atoms with Gasteiger partial charge in [-0.1, -0.05) is 23.7 Å². The van der Waals surface area contributed by atoms with Gasteiger partial charge in [0.05, 0.1) is 6.10 Å². The van der Waals surface area contributed by atoms with Crippen molar-refractivity contribution in [3.05, 3.63) is 52.6 Å². The van der Waals surface area contributed by atoms with Gasteiger partial charge in [-0.25, -0.2) is 4.98 Å². The number of benzene rings is 1. The summed E-state index contributed by atoms with van der Waals surface area (Å²) in [5, 5.41) is 10.8. The zero-order valence-corrected chi connectivity index (χ0v) is 10.6. The molecule has 17 heavy (non-hydrogen) atoms. The number of imidazole rings is 1. The summed E-state index contributed by atoms with van der Waals surface area (Å²) in [7, 11) is 1.91. The minimum absolute atomic E-state index is 0.465. The largest absolute Gasteiger partial charge is 0.388 e. The van der Waals surface area contributed by atoms with E-state index in [0.29, 0.717) is 11.4 Å². The van der Waals surface area contributed by atoms with Crippen molar-refractivity contribution in [3.63, 3.8) is 0 Å². The fourth-order valence-corrected chi connectivity index (χ4v) is 2.14. The van der Waals surface area contributed by atoms with E-state index in [-0.39, 0.29) is 0 Å². The number of nitrogens with zero attached hydrogens (tertiary/aromatic N) is 2. The van der Waals surface area contributed by atoms with Gasteiger partial charge in [0.2, 0.25) is 0 Å². The van der Waals surface area contributed by atoms with E-state index < -0.39 is 6.10 Å². The summed E-state index contributed by atoms with van der Waals surface area (Å²) in [6, 6.07) is 5.67. The molecule has 90 valence electrons. The highest BCUT2D eigenvalue weighted by Gasteiger charge is 2.14. The van der Waals surface area contributed by atoms with Crippen molar-refractivity contribution in [2.75, 3.05) is 0 Å². The molecule has 0 bridgehead atoms. The Morgan fingerprint density at radius 2 is 2.24 bits per heavy atom. The molecule has 0 amide bonds. The molecular weight excluding hydrogens is 236 g/mol. The lowest BCUT2D eigenvalue weighted by Crippen LogP contribution is -2.07. The zero-order chi connectivity index (χ0) is 12.4. The van der Waals surface area contributed by atoms with Gasteiger partial charge >= 0.3 is 0 Å². The predicted octanol–water partition coefficient (Wildman–Crippen LogP) is 2.66. The second-order valence-electron chi connectivity index (χ2n) is 4.20. The first kappa shape index (κ1) is 12.1. The maximum atomic E-state index is 10.2. The first-order valence-electron chi connectivity index (χ1n) is 5.48. The third kappa shape index (κ3) is 2.68. The average Bonchev–Trinajstić information content (AvgIpc) is 2.64. The van der Waals surface area contributed by atoms with Gasteiger partial charge in [0.1, 0.15) is 5.82 Å². The number of aryl methyl sites for hydroxylation is 2. The molecule has 0 radical (unpaired) electrons. The minimum Gasteiger partial charge on any atom is -0.388 e. The molecule has 1 aromatic heterocycles. The summed E-state index contributed by atoms with van der Waals surface area (Å²) in [6.45, 7) is 1.97. The lowest BCUT2D eigenvalue weighted by Gasteiger charge is -2.13. The monoisotopic (exact) mass is 250 g/mol. The maximum absolute atomic E-state index is 10.2. The van der Waals surface area contributed by atoms with Crippen LogP contribution in [0.1, 0.15) is 23.1 Å².